The molecule has 0 aliphatic heterocycles. The fraction of sp³-hybridized carbons (Fsp3) is 0.892. The second-order valence-corrected chi connectivity index (χ2v) is 18.7. The predicted octanol–water partition coefficient (Wildman–Crippen LogP) is 10.3. The quantitative estimate of drug-likeness (QED) is 0.0857. The number of alkyl halides is 14. The number of hydrogen-bond acceptors (Lipinski definition) is 8. The Hall–Kier alpha value is -3.10. The van der Waals surface area contributed by atoms with Gasteiger partial charge in [-0.1, -0.05) is 69.2 Å². The van der Waals surface area contributed by atoms with Gasteiger partial charge >= 0.3 is 59.7 Å². The van der Waals surface area contributed by atoms with Gasteiger partial charge in [-0.25, -0.2) is 4.39 Å². The summed E-state index contributed by atoms with van der Waals surface area (Å²) in [6.45, 7) is 13.2. The molecule has 0 bridgehead atoms. The van der Waals surface area contributed by atoms with Crippen LogP contribution in [-0.4, -0.2) is 91.8 Å². The van der Waals surface area contributed by atoms with E-state index in [1.54, 1.807) is 69.2 Å². The van der Waals surface area contributed by atoms with Gasteiger partial charge in [0.15, 0.2) is 6.61 Å². The first kappa shape index (κ1) is 53.9. The molecule has 1 rings (SSSR count). The van der Waals surface area contributed by atoms with Crippen molar-refractivity contribution in [2.24, 2.45) is 32.5 Å². The van der Waals surface area contributed by atoms with Crippen LogP contribution >= 0.6 is 0 Å². The summed E-state index contributed by atoms with van der Waals surface area (Å²) in [4.78, 5) is 51.7. The summed E-state index contributed by atoms with van der Waals surface area (Å²) in [5.74, 6) is -41.8. The molecule has 0 radical (unpaired) electrons. The SMILES string of the molecule is CC(C)(C)CC(C)(C(=O)OCCC(=O)OCC1(F)C(F)(F)C(F)(F)C(F)(F)C(F)(F)C1(F)F)C(C)(C)C(C)(C)CC(C)(C(=O)OCCC(=O)OCC(F)(F)F)C(C)(C)C. The van der Waals surface area contributed by atoms with E-state index in [1.165, 1.54) is 13.8 Å². The third-order valence-electron chi connectivity index (χ3n) is 11.8. The first-order valence-corrected chi connectivity index (χ1v) is 18.0. The van der Waals surface area contributed by atoms with Crippen molar-refractivity contribution in [3.8, 4) is 0 Å². The normalized spacial score (nSPS) is 21.9. The molecule has 0 aromatic carbocycles. The van der Waals surface area contributed by atoms with E-state index in [2.05, 4.69) is 9.47 Å². The van der Waals surface area contributed by atoms with Gasteiger partial charge in [0.1, 0.15) is 19.8 Å². The maximum absolute atomic E-state index is 15.0. The summed E-state index contributed by atoms with van der Waals surface area (Å²) in [7, 11) is 0. The van der Waals surface area contributed by atoms with Crippen LogP contribution in [0, 0.1) is 32.5 Å². The van der Waals surface area contributed by atoms with Crippen LogP contribution in [-0.2, 0) is 38.1 Å². The summed E-state index contributed by atoms with van der Waals surface area (Å²) < 4.78 is 210. The van der Waals surface area contributed by atoms with Crippen LogP contribution < -0.4 is 0 Å². The van der Waals surface area contributed by atoms with Crippen LogP contribution in [0.4, 0.5) is 61.5 Å². The van der Waals surface area contributed by atoms with E-state index in [9.17, 15) is 80.6 Å². The molecule has 2 unspecified atom stereocenters. The molecule has 0 amide bonds. The van der Waals surface area contributed by atoms with Crippen molar-refractivity contribution in [3.05, 3.63) is 0 Å². The van der Waals surface area contributed by atoms with Crippen molar-refractivity contribution in [2.75, 3.05) is 26.4 Å². The number of halogens is 14. The second kappa shape index (κ2) is 16.3. The number of carbonyl (C=O) groups is 4. The predicted molar refractivity (Wildman–Crippen MR) is 180 cm³/mol. The number of ether oxygens (including phenoxy) is 4. The van der Waals surface area contributed by atoms with Crippen LogP contribution in [0.3, 0.4) is 0 Å². The molecule has 59 heavy (non-hydrogen) atoms. The van der Waals surface area contributed by atoms with E-state index in [0.29, 0.717) is 0 Å². The van der Waals surface area contributed by atoms with Crippen molar-refractivity contribution in [1.29, 1.82) is 0 Å². The Bertz CT molecular complexity index is 1530. The first-order chi connectivity index (χ1) is 25.7. The minimum absolute atomic E-state index is 0.0119. The lowest BCUT2D eigenvalue weighted by molar-refractivity contribution is -0.487. The molecule has 1 saturated carbocycles. The van der Waals surface area contributed by atoms with Gasteiger partial charge in [0.25, 0.3) is 5.67 Å². The van der Waals surface area contributed by atoms with Crippen molar-refractivity contribution >= 4 is 23.9 Å². The Balaban J connectivity index is 3.33. The molecule has 0 aromatic rings. The summed E-state index contributed by atoms with van der Waals surface area (Å²) in [6.07, 6.45) is -6.81. The molecular weight excluding hydrogens is 838 g/mol. The zero-order chi connectivity index (χ0) is 47.3. The van der Waals surface area contributed by atoms with E-state index < -0.39 is 137 Å². The highest BCUT2D eigenvalue weighted by Crippen LogP contribution is 2.69. The zero-order valence-corrected chi connectivity index (χ0v) is 34.7. The standard InChI is InChI=1S/C37H52F14O8/c1-25(2,3)17-30(12,28(9,10)27(7,8)18-29(11,26(4,5)6)23(54)56-15-14-22(53)59-20-32(39,40)41)24(55)57-16-13-21(52)58-19-31(38)33(42,43)35(46,47)37(50,51)36(48,49)34(31,44)45/h13-20H2,1-12H3. The monoisotopic (exact) mass is 890 g/mol. The van der Waals surface area contributed by atoms with Gasteiger partial charge in [-0.15, -0.1) is 0 Å². The number of hydrogen-bond donors (Lipinski definition) is 0. The van der Waals surface area contributed by atoms with Crippen LogP contribution in [0.5, 0.6) is 0 Å². The molecule has 22 heteroatoms. The molecule has 0 N–H and O–H groups in total. The van der Waals surface area contributed by atoms with Crippen molar-refractivity contribution in [2.45, 2.75) is 150 Å². The molecule has 1 aliphatic rings. The van der Waals surface area contributed by atoms with Gasteiger partial charge in [0, 0.05) is 0 Å². The highest BCUT2D eigenvalue weighted by atomic mass is 19.4. The zero-order valence-electron chi connectivity index (χ0n) is 34.7. The molecule has 0 heterocycles. The van der Waals surface area contributed by atoms with Gasteiger partial charge in [0.2, 0.25) is 0 Å². The minimum atomic E-state index is -7.44. The second-order valence-electron chi connectivity index (χ2n) is 18.7. The maximum atomic E-state index is 15.0. The van der Waals surface area contributed by atoms with Crippen molar-refractivity contribution in [1.82, 2.24) is 0 Å². The fourth-order valence-electron chi connectivity index (χ4n) is 6.83. The Morgan fingerprint density at radius 1 is 0.475 bits per heavy atom. The summed E-state index contributed by atoms with van der Waals surface area (Å²) in [5, 5.41) is 0. The number of carbonyl (C=O) groups excluding carboxylic acids is 4. The Morgan fingerprint density at radius 2 is 0.831 bits per heavy atom. The number of esters is 4. The highest BCUT2D eigenvalue weighted by molar-refractivity contribution is 5.79. The summed E-state index contributed by atoms with van der Waals surface area (Å²) >= 11 is 0. The van der Waals surface area contributed by atoms with E-state index in [0.717, 1.165) is 0 Å². The van der Waals surface area contributed by atoms with E-state index in [4.69, 9.17) is 9.47 Å². The van der Waals surface area contributed by atoms with Crippen LogP contribution in [0.15, 0.2) is 0 Å². The largest absolute Gasteiger partial charge is 0.465 e. The Morgan fingerprint density at radius 3 is 1.19 bits per heavy atom. The molecule has 1 aliphatic carbocycles. The van der Waals surface area contributed by atoms with Crippen LogP contribution in [0.2, 0.25) is 0 Å². The molecular formula is C37H52F14O8. The smallest absolute Gasteiger partial charge is 0.422 e. The molecule has 2 atom stereocenters. The van der Waals surface area contributed by atoms with Gasteiger partial charge < -0.3 is 18.9 Å². The third kappa shape index (κ3) is 9.69. The first-order valence-electron chi connectivity index (χ1n) is 18.0. The molecule has 1 fully saturated rings. The average molecular weight is 891 g/mol. The Kier molecular flexibility index (Phi) is 14.9. The van der Waals surface area contributed by atoms with Gasteiger partial charge in [-0.3, -0.25) is 19.2 Å². The van der Waals surface area contributed by atoms with Crippen molar-refractivity contribution < 1.29 is 99.6 Å². The van der Waals surface area contributed by atoms with E-state index in [1.807, 2.05) is 0 Å². The van der Waals surface area contributed by atoms with E-state index >= 15 is 0 Å². The molecule has 346 valence electrons. The molecule has 8 nitrogen and oxygen atoms in total. The van der Waals surface area contributed by atoms with Crippen LogP contribution in [0.1, 0.15) is 109 Å². The number of rotatable bonds is 16. The van der Waals surface area contributed by atoms with Gasteiger partial charge in [-0.2, -0.15) is 57.1 Å². The molecule has 0 aromatic heterocycles. The fourth-order valence-corrected chi connectivity index (χ4v) is 6.83. The lowest BCUT2D eigenvalue weighted by atomic mass is 9.47. The summed E-state index contributed by atoms with van der Waals surface area (Å²) in [6, 6.07) is 0. The minimum Gasteiger partial charge on any atom is -0.465 e. The highest BCUT2D eigenvalue weighted by Gasteiger charge is 3.01. The maximum Gasteiger partial charge on any atom is 0.422 e. The van der Waals surface area contributed by atoms with E-state index in [-0.39, 0.29) is 12.8 Å². The van der Waals surface area contributed by atoms with Gasteiger partial charge in [0.05, 0.1) is 23.7 Å². The lowest BCUT2D eigenvalue weighted by Crippen LogP contribution is -2.84. The topological polar surface area (TPSA) is 105 Å². The average Bonchev–Trinajstić information content (AvgIpc) is 3.02. The lowest BCUT2D eigenvalue weighted by Gasteiger charge is -2.56. The molecule has 0 saturated heterocycles. The third-order valence-corrected chi connectivity index (χ3v) is 11.8. The van der Waals surface area contributed by atoms with Gasteiger partial charge in [-0.05, 0) is 48.3 Å². The van der Waals surface area contributed by atoms with Crippen LogP contribution in [0.25, 0.3) is 0 Å². The molecule has 0 spiro atoms. The summed E-state index contributed by atoms with van der Waals surface area (Å²) in [5.41, 5.74) is -13.5. The Labute approximate surface area is 332 Å². The van der Waals surface area contributed by atoms with Crippen molar-refractivity contribution in [3.63, 3.8) is 0 Å².